The third-order valence-corrected chi connectivity index (χ3v) is 5.78. The van der Waals surface area contributed by atoms with Crippen LogP contribution in [-0.2, 0) is 6.54 Å². The van der Waals surface area contributed by atoms with E-state index in [1.807, 2.05) is 12.1 Å². The lowest BCUT2D eigenvalue weighted by Crippen LogP contribution is -2.34. The Morgan fingerprint density at radius 2 is 2.21 bits per heavy atom. The molecule has 4 rings (SSSR count). The topological polar surface area (TPSA) is 101 Å². The fraction of sp³-hybridized carbons (Fsp3) is 0.421. The molecule has 3 heterocycles. The van der Waals surface area contributed by atoms with Crippen LogP contribution < -0.4 is 15.4 Å². The van der Waals surface area contributed by atoms with Gasteiger partial charge in [0.15, 0.2) is 18.0 Å². The summed E-state index contributed by atoms with van der Waals surface area (Å²) in [5.74, 6) is 1.76. The van der Waals surface area contributed by atoms with Crippen LogP contribution in [0, 0.1) is 11.1 Å². The smallest absolute Gasteiger partial charge is 0.185 e. The van der Waals surface area contributed by atoms with Crippen LogP contribution in [0.1, 0.15) is 31.2 Å². The molecule has 0 amide bonds. The van der Waals surface area contributed by atoms with Gasteiger partial charge in [0, 0.05) is 42.8 Å². The molecule has 9 heteroatoms. The summed E-state index contributed by atoms with van der Waals surface area (Å²) in [6.45, 7) is 0.673. The van der Waals surface area contributed by atoms with Gasteiger partial charge in [0.1, 0.15) is 11.6 Å². The SMILES string of the molecule is [O-][n+]1cccc(CNc2cc(N[C@H]3CCCC[C@H]3CO)nc3c(Br)cnn23)c1. The number of nitrogens with one attached hydrogen (secondary N) is 2. The molecular weight excluding hydrogens is 424 g/mol. The number of rotatable bonds is 6. The summed E-state index contributed by atoms with van der Waals surface area (Å²) in [5, 5.41) is 32.4. The fourth-order valence-electron chi connectivity index (χ4n) is 3.74. The third-order valence-electron chi connectivity index (χ3n) is 5.22. The van der Waals surface area contributed by atoms with Crippen molar-refractivity contribution < 1.29 is 9.84 Å². The molecule has 0 aromatic carbocycles. The van der Waals surface area contributed by atoms with E-state index in [4.69, 9.17) is 4.98 Å². The van der Waals surface area contributed by atoms with E-state index >= 15 is 0 Å². The first-order valence-electron chi connectivity index (χ1n) is 9.47. The first-order chi connectivity index (χ1) is 13.6. The molecular formula is C19H23BrN6O2. The van der Waals surface area contributed by atoms with Crippen molar-refractivity contribution in [3.63, 3.8) is 0 Å². The zero-order valence-electron chi connectivity index (χ0n) is 15.4. The summed E-state index contributed by atoms with van der Waals surface area (Å²) >= 11 is 3.51. The average molecular weight is 447 g/mol. The fourth-order valence-corrected chi connectivity index (χ4v) is 4.09. The van der Waals surface area contributed by atoms with Gasteiger partial charge in [-0.15, -0.1) is 0 Å². The van der Waals surface area contributed by atoms with Crippen molar-refractivity contribution in [2.75, 3.05) is 17.2 Å². The molecule has 1 saturated carbocycles. The molecule has 0 aliphatic heterocycles. The maximum atomic E-state index is 11.5. The number of aliphatic hydroxyl groups excluding tert-OH is 1. The third kappa shape index (κ3) is 4.05. The molecule has 2 atom stereocenters. The molecule has 1 aliphatic rings. The monoisotopic (exact) mass is 446 g/mol. The molecule has 3 N–H and O–H groups in total. The molecule has 0 bridgehead atoms. The van der Waals surface area contributed by atoms with E-state index in [2.05, 4.69) is 31.7 Å². The second kappa shape index (κ2) is 8.32. The Labute approximate surface area is 171 Å². The predicted octanol–water partition coefficient (Wildman–Crippen LogP) is 2.70. The standard InChI is InChI=1S/C19H23BrN6O2/c20-15-10-22-26-18(21-9-13-4-3-7-25(28)11-13)8-17(24-19(15)26)23-16-6-2-1-5-14(16)12-27/h3-4,7-8,10-11,14,16,21,27H,1-2,5-6,9,12H2,(H,23,24)/t14-,16-/m0/s1. The number of halogens is 1. The van der Waals surface area contributed by atoms with Gasteiger partial charge >= 0.3 is 0 Å². The van der Waals surface area contributed by atoms with Gasteiger partial charge in [-0.3, -0.25) is 0 Å². The van der Waals surface area contributed by atoms with Gasteiger partial charge in [-0.25, -0.2) is 4.98 Å². The van der Waals surface area contributed by atoms with Crippen LogP contribution in [0.4, 0.5) is 11.6 Å². The van der Waals surface area contributed by atoms with Crippen LogP contribution >= 0.6 is 15.9 Å². The molecule has 1 fully saturated rings. The maximum absolute atomic E-state index is 11.5. The Hall–Kier alpha value is -2.39. The molecule has 0 unspecified atom stereocenters. The van der Waals surface area contributed by atoms with Crippen molar-refractivity contribution in [1.29, 1.82) is 0 Å². The minimum atomic E-state index is 0.185. The van der Waals surface area contributed by atoms with Gasteiger partial charge in [-0.1, -0.05) is 12.8 Å². The molecule has 8 nitrogen and oxygen atoms in total. The highest BCUT2D eigenvalue weighted by Gasteiger charge is 2.25. The molecule has 0 spiro atoms. The lowest BCUT2D eigenvalue weighted by molar-refractivity contribution is -0.605. The van der Waals surface area contributed by atoms with Crippen molar-refractivity contribution in [3.05, 3.63) is 52.0 Å². The summed E-state index contributed by atoms with van der Waals surface area (Å²) in [5.41, 5.74) is 1.58. The Bertz CT molecular complexity index is 963. The van der Waals surface area contributed by atoms with E-state index in [9.17, 15) is 10.3 Å². The lowest BCUT2D eigenvalue weighted by Gasteiger charge is -2.31. The quantitative estimate of drug-likeness (QED) is 0.397. The number of hydrogen-bond donors (Lipinski definition) is 3. The second-order valence-corrected chi connectivity index (χ2v) is 8.01. The molecule has 28 heavy (non-hydrogen) atoms. The van der Waals surface area contributed by atoms with Gasteiger partial charge in [0.2, 0.25) is 0 Å². The average Bonchev–Trinajstić information content (AvgIpc) is 3.08. The van der Waals surface area contributed by atoms with Crippen LogP contribution in [0.5, 0.6) is 0 Å². The predicted molar refractivity (Wildman–Crippen MR) is 110 cm³/mol. The molecule has 0 saturated heterocycles. The largest absolute Gasteiger partial charge is 0.619 e. The molecule has 1 aliphatic carbocycles. The van der Waals surface area contributed by atoms with Crippen molar-refractivity contribution >= 4 is 33.2 Å². The van der Waals surface area contributed by atoms with E-state index in [0.29, 0.717) is 12.2 Å². The van der Waals surface area contributed by atoms with Gasteiger partial charge in [-0.05, 0) is 34.8 Å². The minimum absolute atomic E-state index is 0.185. The van der Waals surface area contributed by atoms with E-state index in [1.54, 1.807) is 16.8 Å². The van der Waals surface area contributed by atoms with Crippen molar-refractivity contribution in [2.45, 2.75) is 38.3 Å². The zero-order valence-corrected chi connectivity index (χ0v) is 17.0. The van der Waals surface area contributed by atoms with E-state index < -0.39 is 0 Å². The Kier molecular flexibility index (Phi) is 5.63. The number of hydrogen-bond acceptors (Lipinski definition) is 6. The Morgan fingerprint density at radius 1 is 1.36 bits per heavy atom. The van der Waals surface area contributed by atoms with Crippen LogP contribution in [-0.4, -0.2) is 32.4 Å². The highest BCUT2D eigenvalue weighted by atomic mass is 79.9. The molecule has 3 aromatic heterocycles. The number of nitrogens with zero attached hydrogens (tertiary/aromatic N) is 4. The minimum Gasteiger partial charge on any atom is -0.619 e. The number of pyridine rings is 1. The number of fused-ring (bicyclic) bond motifs is 1. The van der Waals surface area contributed by atoms with Crippen molar-refractivity contribution in [3.8, 4) is 0 Å². The van der Waals surface area contributed by atoms with Crippen molar-refractivity contribution in [2.24, 2.45) is 5.92 Å². The Balaban J connectivity index is 1.60. The van der Waals surface area contributed by atoms with Gasteiger partial charge < -0.3 is 20.9 Å². The van der Waals surface area contributed by atoms with Crippen LogP contribution in [0.2, 0.25) is 0 Å². The summed E-state index contributed by atoms with van der Waals surface area (Å²) in [7, 11) is 0. The van der Waals surface area contributed by atoms with Crippen LogP contribution in [0.15, 0.2) is 41.3 Å². The summed E-state index contributed by atoms with van der Waals surface area (Å²) in [6, 6.07) is 5.74. The summed E-state index contributed by atoms with van der Waals surface area (Å²) in [6.07, 6.45) is 9.08. The second-order valence-electron chi connectivity index (χ2n) is 7.16. The highest BCUT2D eigenvalue weighted by molar-refractivity contribution is 9.10. The van der Waals surface area contributed by atoms with E-state index in [1.165, 1.54) is 12.4 Å². The zero-order chi connectivity index (χ0) is 19.5. The first kappa shape index (κ1) is 18.9. The van der Waals surface area contributed by atoms with Gasteiger partial charge in [0.25, 0.3) is 0 Å². The summed E-state index contributed by atoms with van der Waals surface area (Å²) in [4.78, 5) is 4.69. The number of aliphatic hydroxyl groups is 1. The van der Waals surface area contributed by atoms with E-state index in [-0.39, 0.29) is 18.6 Å². The normalized spacial score (nSPS) is 19.6. The van der Waals surface area contributed by atoms with Crippen molar-refractivity contribution in [1.82, 2.24) is 14.6 Å². The molecule has 0 radical (unpaired) electrons. The van der Waals surface area contributed by atoms with Gasteiger partial charge in [-0.2, -0.15) is 14.3 Å². The lowest BCUT2D eigenvalue weighted by atomic mass is 9.85. The highest BCUT2D eigenvalue weighted by Crippen LogP contribution is 2.28. The molecule has 3 aromatic rings. The summed E-state index contributed by atoms with van der Waals surface area (Å²) < 4.78 is 3.32. The van der Waals surface area contributed by atoms with E-state index in [0.717, 1.165) is 52.1 Å². The van der Waals surface area contributed by atoms with Crippen LogP contribution in [0.3, 0.4) is 0 Å². The molecule has 148 valence electrons. The number of anilines is 2. The van der Waals surface area contributed by atoms with Gasteiger partial charge in [0.05, 0.1) is 10.7 Å². The Morgan fingerprint density at radius 3 is 3.04 bits per heavy atom. The first-order valence-corrected chi connectivity index (χ1v) is 10.3. The van der Waals surface area contributed by atoms with Crippen LogP contribution in [0.25, 0.3) is 5.65 Å². The maximum Gasteiger partial charge on any atom is 0.185 e. The number of aromatic nitrogens is 4.